The molecule has 0 aliphatic heterocycles. The summed E-state index contributed by atoms with van der Waals surface area (Å²) in [6, 6.07) is 11.3. The third-order valence-corrected chi connectivity index (χ3v) is 3.72. The van der Waals surface area contributed by atoms with Crippen molar-refractivity contribution in [3.8, 4) is 5.75 Å². The first-order valence-electron chi connectivity index (χ1n) is 7.82. The number of halogens is 1. The minimum Gasteiger partial charge on any atom is -0.494 e. The highest BCUT2D eigenvalue weighted by Gasteiger charge is 2.12. The molecule has 0 heterocycles. The summed E-state index contributed by atoms with van der Waals surface area (Å²) in [4.78, 5) is 11.8. The number of aryl methyl sites for hydroxylation is 2. The number of nitrogens with one attached hydrogen (secondary N) is 1. The fourth-order valence-electron chi connectivity index (χ4n) is 2.45. The van der Waals surface area contributed by atoms with Crippen molar-refractivity contribution >= 4 is 23.3 Å². The van der Waals surface area contributed by atoms with Crippen molar-refractivity contribution in [1.82, 2.24) is 0 Å². The van der Waals surface area contributed by atoms with Crippen molar-refractivity contribution in [1.29, 1.82) is 0 Å². The Morgan fingerprint density at radius 2 is 1.83 bits per heavy atom. The maximum absolute atomic E-state index is 11.8. The largest absolute Gasteiger partial charge is 0.494 e. The fourth-order valence-corrected chi connectivity index (χ4v) is 2.62. The van der Waals surface area contributed by atoms with Crippen LogP contribution in [0.25, 0.3) is 0 Å². The summed E-state index contributed by atoms with van der Waals surface area (Å²) >= 11 is 5.94. The topological polar surface area (TPSA) is 47.6 Å². The van der Waals surface area contributed by atoms with E-state index in [1.165, 1.54) is 18.2 Å². The van der Waals surface area contributed by atoms with Gasteiger partial charge in [-0.15, -0.1) is 0 Å². The highest BCUT2D eigenvalue weighted by Crippen LogP contribution is 2.21. The van der Waals surface area contributed by atoms with E-state index in [9.17, 15) is 4.79 Å². The van der Waals surface area contributed by atoms with E-state index >= 15 is 0 Å². The lowest BCUT2D eigenvalue weighted by Crippen LogP contribution is -2.11. The smallest absolute Gasteiger partial charge is 0.340 e. The zero-order valence-electron chi connectivity index (χ0n) is 14.2. The van der Waals surface area contributed by atoms with E-state index in [0.29, 0.717) is 29.4 Å². The van der Waals surface area contributed by atoms with E-state index in [4.69, 9.17) is 21.1 Å². The number of carbonyl (C=O) groups excluding carboxylic acids is 1. The maximum Gasteiger partial charge on any atom is 0.340 e. The van der Waals surface area contributed by atoms with Crippen LogP contribution < -0.4 is 10.1 Å². The number of rotatable bonds is 7. The first kappa shape index (κ1) is 18.1. The quantitative estimate of drug-likeness (QED) is 0.586. The van der Waals surface area contributed by atoms with E-state index in [-0.39, 0.29) is 0 Å². The SMILES string of the molecule is COC(=O)c1cc(Cl)ccc1NCCCOc1cc(C)cc(C)c1. The van der Waals surface area contributed by atoms with Gasteiger partial charge in [-0.2, -0.15) is 0 Å². The van der Waals surface area contributed by atoms with Crippen molar-refractivity contribution in [2.75, 3.05) is 25.6 Å². The molecular formula is C19H22ClNO3. The van der Waals surface area contributed by atoms with Crippen LogP contribution in [-0.2, 0) is 4.74 Å². The molecule has 0 aliphatic rings. The van der Waals surface area contributed by atoms with Crippen LogP contribution in [0.4, 0.5) is 5.69 Å². The van der Waals surface area contributed by atoms with Crippen LogP contribution in [0.5, 0.6) is 5.75 Å². The molecule has 1 N–H and O–H groups in total. The molecule has 0 fully saturated rings. The van der Waals surface area contributed by atoms with Gasteiger partial charge in [0.2, 0.25) is 0 Å². The summed E-state index contributed by atoms with van der Waals surface area (Å²) in [5.41, 5.74) is 3.51. The highest BCUT2D eigenvalue weighted by molar-refractivity contribution is 6.31. The molecule has 4 nitrogen and oxygen atoms in total. The van der Waals surface area contributed by atoms with Crippen LogP contribution >= 0.6 is 11.6 Å². The second kappa shape index (κ2) is 8.60. The highest BCUT2D eigenvalue weighted by atomic mass is 35.5. The molecular weight excluding hydrogens is 326 g/mol. The number of carbonyl (C=O) groups is 1. The van der Waals surface area contributed by atoms with E-state index in [2.05, 4.69) is 25.2 Å². The van der Waals surface area contributed by atoms with E-state index in [1.807, 2.05) is 12.1 Å². The Labute approximate surface area is 147 Å². The maximum atomic E-state index is 11.8. The van der Waals surface area contributed by atoms with Gasteiger partial charge >= 0.3 is 5.97 Å². The van der Waals surface area contributed by atoms with Crippen LogP contribution in [0.3, 0.4) is 0 Å². The summed E-state index contributed by atoms with van der Waals surface area (Å²) in [7, 11) is 1.35. The molecule has 0 atom stereocenters. The Morgan fingerprint density at radius 3 is 2.50 bits per heavy atom. The van der Waals surface area contributed by atoms with Gasteiger partial charge in [0.15, 0.2) is 0 Å². The van der Waals surface area contributed by atoms with Crippen LogP contribution in [0.2, 0.25) is 5.02 Å². The van der Waals surface area contributed by atoms with Crippen LogP contribution in [0.1, 0.15) is 27.9 Å². The van der Waals surface area contributed by atoms with Crippen molar-refractivity contribution in [2.24, 2.45) is 0 Å². The summed E-state index contributed by atoms with van der Waals surface area (Å²) in [5, 5.41) is 3.72. The van der Waals surface area contributed by atoms with E-state index in [0.717, 1.165) is 12.2 Å². The van der Waals surface area contributed by atoms with Gasteiger partial charge in [-0.25, -0.2) is 4.79 Å². The normalized spacial score (nSPS) is 10.3. The molecule has 0 aliphatic carbocycles. The molecule has 0 amide bonds. The van der Waals surface area contributed by atoms with Gasteiger partial charge in [0, 0.05) is 17.3 Å². The second-order valence-electron chi connectivity index (χ2n) is 5.63. The molecule has 5 heteroatoms. The molecule has 0 saturated carbocycles. The summed E-state index contributed by atoms with van der Waals surface area (Å²) in [6.45, 7) is 5.38. The summed E-state index contributed by atoms with van der Waals surface area (Å²) < 4.78 is 10.5. The molecule has 0 spiro atoms. The standard InChI is InChI=1S/C19H22ClNO3/c1-13-9-14(2)11-16(10-13)24-8-4-7-21-18-6-5-15(20)12-17(18)19(22)23-3/h5-6,9-12,21H,4,7-8H2,1-3H3. The van der Waals surface area contributed by atoms with Crippen molar-refractivity contribution in [2.45, 2.75) is 20.3 Å². The number of ether oxygens (including phenoxy) is 2. The average Bonchev–Trinajstić information content (AvgIpc) is 2.54. The lowest BCUT2D eigenvalue weighted by molar-refractivity contribution is 0.0602. The molecule has 2 rings (SSSR count). The molecule has 0 unspecified atom stereocenters. The Balaban J connectivity index is 1.85. The lowest BCUT2D eigenvalue weighted by Gasteiger charge is -2.12. The van der Waals surface area contributed by atoms with E-state index < -0.39 is 5.97 Å². The zero-order valence-corrected chi connectivity index (χ0v) is 14.9. The van der Waals surface area contributed by atoms with Crippen molar-refractivity contribution in [3.05, 3.63) is 58.1 Å². The monoisotopic (exact) mass is 347 g/mol. The fraction of sp³-hybridized carbons (Fsp3) is 0.316. The predicted molar refractivity (Wildman–Crippen MR) is 97.3 cm³/mol. The van der Waals surface area contributed by atoms with Crippen molar-refractivity contribution in [3.63, 3.8) is 0 Å². The first-order valence-corrected chi connectivity index (χ1v) is 8.20. The lowest BCUT2D eigenvalue weighted by atomic mass is 10.1. The number of benzene rings is 2. The minimum absolute atomic E-state index is 0.411. The van der Waals surface area contributed by atoms with Gasteiger partial charge in [-0.1, -0.05) is 17.7 Å². The van der Waals surface area contributed by atoms with Crippen LogP contribution in [0, 0.1) is 13.8 Å². The van der Waals surface area contributed by atoms with Gasteiger partial charge in [0.05, 0.1) is 19.3 Å². The van der Waals surface area contributed by atoms with E-state index in [1.54, 1.807) is 18.2 Å². The third kappa shape index (κ3) is 5.17. The predicted octanol–water partition coefficient (Wildman–Crippen LogP) is 4.62. The zero-order chi connectivity index (χ0) is 17.5. The van der Waals surface area contributed by atoms with Gasteiger partial charge in [-0.3, -0.25) is 0 Å². The molecule has 2 aromatic carbocycles. The average molecular weight is 348 g/mol. The Bertz CT molecular complexity index is 696. The van der Waals surface area contributed by atoms with Crippen molar-refractivity contribution < 1.29 is 14.3 Å². The van der Waals surface area contributed by atoms with Crippen LogP contribution in [0.15, 0.2) is 36.4 Å². The first-order chi connectivity index (χ1) is 11.5. The van der Waals surface area contributed by atoms with Gasteiger partial charge in [0.25, 0.3) is 0 Å². The van der Waals surface area contributed by atoms with Gasteiger partial charge < -0.3 is 14.8 Å². The molecule has 0 aromatic heterocycles. The molecule has 0 saturated heterocycles. The molecule has 0 radical (unpaired) electrons. The number of hydrogen-bond acceptors (Lipinski definition) is 4. The third-order valence-electron chi connectivity index (χ3n) is 3.49. The minimum atomic E-state index is -0.411. The molecule has 24 heavy (non-hydrogen) atoms. The number of esters is 1. The Morgan fingerprint density at radius 1 is 1.12 bits per heavy atom. The molecule has 0 bridgehead atoms. The summed E-state index contributed by atoms with van der Waals surface area (Å²) in [5.74, 6) is 0.473. The van der Waals surface area contributed by atoms with Gasteiger partial charge in [-0.05, 0) is 61.7 Å². The number of hydrogen-bond donors (Lipinski definition) is 1. The van der Waals surface area contributed by atoms with Gasteiger partial charge in [0.1, 0.15) is 5.75 Å². The molecule has 2 aromatic rings. The summed E-state index contributed by atoms with van der Waals surface area (Å²) in [6.07, 6.45) is 0.802. The number of anilines is 1. The molecule has 128 valence electrons. The number of methoxy groups -OCH3 is 1. The van der Waals surface area contributed by atoms with Crippen LogP contribution in [-0.4, -0.2) is 26.2 Å². The Kier molecular flexibility index (Phi) is 6.50. The second-order valence-corrected chi connectivity index (χ2v) is 6.07. The Hall–Kier alpha value is -2.20.